The van der Waals surface area contributed by atoms with E-state index in [4.69, 9.17) is 0 Å². The van der Waals surface area contributed by atoms with E-state index in [-0.39, 0.29) is 24.4 Å². The van der Waals surface area contributed by atoms with Crippen LogP contribution in [0.3, 0.4) is 0 Å². The second-order valence-corrected chi connectivity index (χ2v) is 9.06. The van der Waals surface area contributed by atoms with Crippen LogP contribution in [0.1, 0.15) is 50.5 Å². The number of piperidine rings is 1. The van der Waals surface area contributed by atoms with Crippen LogP contribution in [-0.4, -0.2) is 81.6 Å². The van der Waals surface area contributed by atoms with Crippen molar-refractivity contribution in [3.8, 4) is 0 Å². The highest BCUT2D eigenvalue weighted by Gasteiger charge is 2.36. The van der Waals surface area contributed by atoms with Crippen LogP contribution in [0.15, 0.2) is 12.4 Å². The van der Waals surface area contributed by atoms with E-state index in [1.807, 2.05) is 18.0 Å². The van der Waals surface area contributed by atoms with E-state index in [1.54, 1.807) is 10.9 Å². The van der Waals surface area contributed by atoms with Gasteiger partial charge in [0.2, 0.25) is 11.8 Å². The van der Waals surface area contributed by atoms with Crippen molar-refractivity contribution in [3.63, 3.8) is 0 Å². The van der Waals surface area contributed by atoms with Crippen molar-refractivity contribution in [1.82, 2.24) is 24.5 Å². The van der Waals surface area contributed by atoms with Gasteiger partial charge in [0, 0.05) is 44.3 Å². The Bertz CT molecular complexity index is 708. The molecule has 0 radical (unpaired) electrons. The lowest BCUT2D eigenvalue weighted by Crippen LogP contribution is -2.55. The fourth-order valence-corrected chi connectivity index (χ4v) is 4.85. The predicted molar refractivity (Wildman–Crippen MR) is 111 cm³/mol. The monoisotopic (exact) mass is 401 g/mol. The van der Waals surface area contributed by atoms with Gasteiger partial charge in [0.25, 0.3) is 0 Å². The molecule has 3 fully saturated rings. The number of carbonyl (C=O) groups is 2. The summed E-state index contributed by atoms with van der Waals surface area (Å²) in [6.07, 6.45) is 11.4. The third kappa shape index (κ3) is 5.00. The van der Waals surface area contributed by atoms with Gasteiger partial charge in [0.05, 0.1) is 6.20 Å². The maximum absolute atomic E-state index is 13.2. The summed E-state index contributed by atoms with van der Waals surface area (Å²) in [5, 5.41) is 4.25. The molecule has 4 rings (SSSR count). The number of nitrogens with zero attached hydrogens (tertiary/aromatic N) is 5. The fourth-order valence-electron chi connectivity index (χ4n) is 4.85. The Morgan fingerprint density at radius 2 is 1.90 bits per heavy atom. The van der Waals surface area contributed by atoms with Gasteiger partial charge in [-0.2, -0.15) is 5.10 Å². The highest BCUT2D eigenvalue weighted by Crippen LogP contribution is 2.30. The quantitative estimate of drug-likeness (QED) is 0.700. The summed E-state index contributed by atoms with van der Waals surface area (Å²) in [4.78, 5) is 32.6. The molecule has 1 atom stereocenters. The van der Waals surface area contributed by atoms with E-state index < -0.39 is 0 Å². The molecule has 0 N–H and O–H groups in total. The van der Waals surface area contributed by atoms with E-state index >= 15 is 0 Å². The van der Waals surface area contributed by atoms with E-state index in [2.05, 4.69) is 14.9 Å². The van der Waals surface area contributed by atoms with Crippen molar-refractivity contribution in [3.05, 3.63) is 18.0 Å². The minimum absolute atomic E-state index is 0.105. The normalized spacial score (nSPS) is 23.2. The molecule has 160 valence electrons. The first kappa shape index (κ1) is 20.4. The molecule has 0 aromatic carbocycles. The topological polar surface area (TPSA) is 61.7 Å². The van der Waals surface area contributed by atoms with Crippen LogP contribution in [0.2, 0.25) is 0 Å². The summed E-state index contributed by atoms with van der Waals surface area (Å²) in [5.41, 5.74) is 1.06. The maximum Gasteiger partial charge on any atom is 0.244 e. The fraction of sp³-hybridized carbons (Fsp3) is 0.773. The zero-order chi connectivity index (χ0) is 20.2. The second kappa shape index (κ2) is 9.28. The number of likely N-dealkylation sites (tertiary alicyclic amines) is 2. The highest BCUT2D eigenvalue weighted by molar-refractivity contribution is 5.80. The van der Waals surface area contributed by atoms with Crippen molar-refractivity contribution in [2.45, 2.75) is 64.5 Å². The van der Waals surface area contributed by atoms with Gasteiger partial charge in [-0.1, -0.05) is 6.42 Å². The molecule has 1 aliphatic carbocycles. The molecule has 7 heteroatoms. The summed E-state index contributed by atoms with van der Waals surface area (Å²) < 4.78 is 1.71. The van der Waals surface area contributed by atoms with Crippen molar-refractivity contribution in [1.29, 1.82) is 0 Å². The van der Waals surface area contributed by atoms with Gasteiger partial charge in [-0.25, -0.2) is 0 Å². The Morgan fingerprint density at radius 1 is 1.10 bits per heavy atom. The summed E-state index contributed by atoms with van der Waals surface area (Å²) in [7, 11) is 0. The molecule has 0 spiro atoms. The maximum atomic E-state index is 13.2. The molecule has 3 aliphatic rings. The Labute approximate surface area is 174 Å². The summed E-state index contributed by atoms with van der Waals surface area (Å²) >= 11 is 0. The molecular weight excluding hydrogens is 366 g/mol. The van der Waals surface area contributed by atoms with Gasteiger partial charge in [-0.15, -0.1) is 0 Å². The Morgan fingerprint density at radius 3 is 2.55 bits per heavy atom. The number of hydrogen-bond donors (Lipinski definition) is 0. The minimum atomic E-state index is 0.105. The van der Waals surface area contributed by atoms with E-state index in [0.29, 0.717) is 12.5 Å². The van der Waals surface area contributed by atoms with E-state index in [0.717, 1.165) is 64.0 Å². The highest BCUT2D eigenvalue weighted by atomic mass is 16.2. The average molecular weight is 402 g/mol. The van der Waals surface area contributed by atoms with E-state index in [9.17, 15) is 9.59 Å². The number of carbonyl (C=O) groups excluding carboxylic acids is 2. The molecule has 2 amide bonds. The zero-order valence-corrected chi connectivity index (χ0v) is 17.8. The average Bonchev–Trinajstić information content (AvgIpc) is 3.32. The zero-order valence-electron chi connectivity index (χ0n) is 17.8. The molecule has 2 saturated heterocycles. The van der Waals surface area contributed by atoms with Crippen molar-refractivity contribution in [2.75, 3.05) is 39.3 Å². The summed E-state index contributed by atoms with van der Waals surface area (Å²) in [5.74, 6) is 0.650. The van der Waals surface area contributed by atoms with Gasteiger partial charge in [-0.3, -0.25) is 14.3 Å². The number of hydrogen-bond acceptors (Lipinski definition) is 4. The number of aryl methyl sites for hydroxylation is 1. The Hall–Kier alpha value is -1.89. The first-order valence-corrected chi connectivity index (χ1v) is 11.4. The first-order valence-electron chi connectivity index (χ1n) is 11.4. The molecule has 1 unspecified atom stereocenters. The van der Waals surface area contributed by atoms with Crippen molar-refractivity contribution < 1.29 is 9.59 Å². The van der Waals surface area contributed by atoms with Crippen LogP contribution in [0, 0.1) is 12.8 Å². The van der Waals surface area contributed by atoms with Gasteiger partial charge < -0.3 is 14.7 Å². The van der Waals surface area contributed by atoms with Crippen molar-refractivity contribution in [2.24, 2.45) is 5.92 Å². The lowest BCUT2D eigenvalue weighted by Gasteiger charge is -2.42. The molecule has 0 bridgehead atoms. The molecule has 3 heterocycles. The van der Waals surface area contributed by atoms with Gasteiger partial charge in [0.1, 0.15) is 6.54 Å². The SMILES string of the molecule is Cc1cnn(CC(=O)N2CCCC(N(CCN3CCCC3)C(=O)C3CCC3)C2)c1. The van der Waals surface area contributed by atoms with Crippen LogP contribution in [0.25, 0.3) is 0 Å². The largest absolute Gasteiger partial charge is 0.339 e. The Balaban J connectivity index is 1.38. The summed E-state index contributed by atoms with van der Waals surface area (Å²) in [6, 6.07) is 0.155. The molecule has 7 nitrogen and oxygen atoms in total. The van der Waals surface area contributed by atoms with Crippen LogP contribution < -0.4 is 0 Å². The minimum Gasteiger partial charge on any atom is -0.339 e. The predicted octanol–water partition coefficient (Wildman–Crippen LogP) is 1.91. The third-order valence-electron chi connectivity index (χ3n) is 6.84. The number of rotatable bonds is 7. The standard InChI is InChI=1S/C22H35N5O2/c1-18-14-23-26(15-18)17-21(28)25-11-5-8-20(16-25)27(22(29)19-6-4-7-19)13-12-24-9-2-3-10-24/h14-15,19-20H,2-13,16-17H2,1H3. The molecule has 1 aromatic heterocycles. The smallest absolute Gasteiger partial charge is 0.244 e. The molecule has 29 heavy (non-hydrogen) atoms. The second-order valence-electron chi connectivity index (χ2n) is 9.06. The van der Waals surface area contributed by atoms with Crippen LogP contribution in [-0.2, 0) is 16.1 Å². The molecule has 1 saturated carbocycles. The number of amides is 2. The van der Waals surface area contributed by atoms with E-state index in [1.165, 1.54) is 19.3 Å². The van der Waals surface area contributed by atoms with Gasteiger partial charge in [-0.05, 0) is 64.1 Å². The van der Waals surface area contributed by atoms with Crippen LogP contribution in [0.5, 0.6) is 0 Å². The molecule has 2 aliphatic heterocycles. The number of aromatic nitrogens is 2. The van der Waals surface area contributed by atoms with Gasteiger partial charge in [0.15, 0.2) is 0 Å². The summed E-state index contributed by atoms with van der Waals surface area (Å²) in [6.45, 7) is 7.80. The lowest BCUT2D eigenvalue weighted by molar-refractivity contribution is -0.145. The van der Waals surface area contributed by atoms with Gasteiger partial charge >= 0.3 is 0 Å². The first-order chi connectivity index (χ1) is 14.1. The van der Waals surface area contributed by atoms with Crippen molar-refractivity contribution >= 4 is 11.8 Å². The third-order valence-corrected chi connectivity index (χ3v) is 6.84. The van der Waals surface area contributed by atoms with Crippen LogP contribution in [0.4, 0.5) is 0 Å². The Kier molecular flexibility index (Phi) is 6.53. The lowest BCUT2D eigenvalue weighted by atomic mass is 9.83. The molecular formula is C22H35N5O2. The molecule has 1 aromatic rings. The van der Waals surface area contributed by atoms with Crippen LogP contribution >= 0.6 is 0 Å².